The van der Waals surface area contributed by atoms with Gasteiger partial charge in [0.2, 0.25) is 11.7 Å². The van der Waals surface area contributed by atoms with Gasteiger partial charge in [0, 0.05) is 17.9 Å². The van der Waals surface area contributed by atoms with E-state index in [1.54, 1.807) is 0 Å². The lowest BCUT2D eigenvalue weighted by atomic mass is 10.1. The number of amides is 2. The van der Waals surface area contributed by atoms with Crippen molar-refractivity contribution in [3.05, 3.63) is 23.3 Å². The first-order valence-electron chi connectivity index (χ1n) is 7.34. The minimum absolute atomic E-state index is 0.0262. The highest BCUT2D eigenvalue weighted by Crippen LogP contribution is 2.08. The van der Waals surface area contributed by atoms with Crippen LogP contribution in [0.1, 0.15) is 41.3 Å². The van der Waals surface area contributed by atoms with Gasteiger partial charge in [-0.15, -0.1) is 5.10 Å². The summed E-state index contributed by atoms with van der Waals surface area (Å²) in [5, 5.41) is 9.65. The number of hydrogen-bond acceptors (Lipinski definition) is 5. The molecule has 3 heterocycles. The Morgan fingerprint density at radius 2 is 2.18 bits per heavy atom. The normalized spacial score (nSPS) is 18.8. The van der Waals surface area contributed by atoms with Crippen molar-refractivity contribution in [2.24, 2.45) is 0 Å². The van der Waals surface area contributed by atoms with Crippen LogP contribution in [0.4, 0.5) is 0 Å². The average molecular weight is 302 g/mol. The highest BCUT2D eigenvalue weighted by molar-refractivity contribution is 5.95. The molecule has 1 aliphatic rings. The second-order valence-electron chi connectivity index (χ2n) is 5.50. The third-order valence-electron chi connectivity index (χ3n) is 3.66. The van der Waals surface area contributed by atoms with Gasteiger partial charge in [-0.1, -0.05) is 0 Å². The van der Waals surface area contributed by atoms with Gasteiger partial charge >= 0.3 is 0 Å². The minimum Gasteiger partial charge on any atom is -0.354 e. The Hall–Kier alpha value is -2.51. The molecule has 1 aliphatic heterocycles. The summed E-state index contributed by atoms with van der Waals surface area (Å²) >= 11 is 0. The zero-order valence-corrected chi connectivity index (χ0v) is 12.6. The van der Waals surface area contributed by atoms with Crippen molar-refractivity contribution in [2.75, 3.05) is 6.54 Å². The van der Waals surface area contributed by atoms with E-state index in [2.05, 4.69) is 25.7 Å². The van der Waals surface area contributed by atoms with Crippen molar-refractivity contribution in [3.63, 3.8) is 0 Å². The second-order valence-corrected chi connectivity index (χ2v) is 5.50. The Morgan fingerprint density at radius 3 is 3.00 bits per heavy atom. The van der Waals surface area contributed by atoms with Crippen LogP contribution in [0.5, 0.6) is 0 Å². The molecule has 2 amide bonds. The van der Waals surface area contributed by atoms with Crippen molar-refractivity contribution < 1.29 is 9.59 Å². The van der Waals surface area contributed by atoms with Crippen LogP contribution in [0.2, 0.25) is 0 Å². The lowest BCUT2D eigenvalue weighted by molar-refractivity contribution is -0.122. The standard InChI is InChI=1S/C14H18N6O2/c1-8-7-9(2)20-14(16-8)18-11(19-20)13(22)17-10-5-3-4-6-15-12(10)21/h7,10H,3-6H2,1-2H3,(H,15,21)(H,17,22)/t10-/m1/s1. The van der Waals surface area contributed by atoms with E-state index in [1.165, 1.54) is 4.52 Å². The van der Waals surface area contributed by atoms with E-state index in [0.29, 0.717) is 18.7 Å². The summed E-state index contributed by atoms with van der Waals surface area (Å²) in [6, 6.07) is 1.33. The zero-order valence-electron chi connectivity index (χ0n) is 12.6. The van der Waals surface area contributed by atoms with Gasteiger partial charge in [0.1, 0.15) is 6.04 Å². The first kappa shape index (κ1) is 14.4. The number of fused-ring (bicyclic) bond motifs is 1. The molecular weight excluding hydrogens is 284 g/mol. The maximum absolute atomic E-state index is 12.3. The van der Waals surface area contributed by atoms with Crippen LogP contribution in [-0.2, 0) is 4.79 Å². The fourth-order valence-electron chi connectivity index (χ4n) is 2.56. The summed E-state index contributed by atoms with van der Waals surface area (Å²) in [6.07, 6.45) is 2.44. The van der Waals surface area contributed by atoms with E-state index in [9.17, 15) is 9.59 Å². The van der Waals surface area contributed by atoms with Crippen LogP contribution in [0.25, 0.3) is 5.78 Å². The summed E-state index contributed by atoms with van der Waals surface area (Å²) < 4.78 is 1.52. The van der Waals surface area contributed by atoms with Crippen LogP contribution in [-0.4, -0.2) is 44.0 Å². The number of carbonyl (C=O) groups is 2. The molecule has 2 aromatic heterocycles. The molecule has 1 fully saturated rings. The summed E-state index contributed by atoms with van der Waals surface area (Å²) in [7, 11) is 0. The van der Waals surface area contributed by atoms with Gasteiger partial charge in [-0.25, -0.2) is 9.50 Å². The molecule has 8 heteroatoms. The Labute approximate surface area is 127 Å². The molecule has 8 nitrogen and oxygen atoms in total. The Bertz CT molecular complexity index is 738. The van der Waals surface area contributed by atoms with E-state index in [1.807, 2.05) is 19.9 Å². The van der Waals surface area contributed by atoms with Crippen LogP contribution in [0.15, 0.2) is 6.07 Å². The number of nitrogens with one attached hydrogen (secondary N) is 2. The van der Waals surface area contributed by atoms with Gasteiger partial charge in [0.15, 0.2) is 0 Å². The van der Waals surface area contributed by atoms with Gasteiger partial charge < -0.3 is 10.6 Å². The van der Waals surface area contributed by atoms with Crippen molar-refractivity contribution >= 4 is 17.6 Å². The van der Waals surface area contributed by atoms with Crippen LogP contribution >= 0.6 is 0 Å². The molecule has 1 saturated heterocycles. The lowest BCUT2D eigenvalue weighted by Crippen LogP contribution is -2.45. The lowest BCUT2D eigenvalue weighted by Gasteiger charge is -2.13. The number of rotatable bonds is 2. The Kier molecular flexibility index (Phi) is 3.74. The van der Waals surface area contributed by atoms with E-state index < -0.39 is 11.9 Å². The number of aromatic nitrogens is 4. The summed E-state index contributed by atoms with van der Waals surface area (Å²) in [5.74, 6) is -0.199. The topological polar surface area (TPSA) is 101 Å². The van der Waals surface area contributed by atoms with E-state index in [0.717, 1.165) is 24.2 Å². The Balaban J connectivity index is 1.82. The van der Waals surface area contributed by atoms with Crippen LogP contribution in [0.3, 0.4) is 0 Å². The smallest absolute Gasteiger partial charge is 0.291 e. The minimum atomic E-state index is -0.530. The molecule has 0 aromatic carbocycles. The fraction of sp³-hybridized carbons (Fsp3) is 0.500. The highest BCUT2D eigenvalue weighted by atomic mass is 16.2. The van der Waals surface area contributed by atoms with Crippen molar-refractivity contribution in [2.45, 2.75) is 39.2 Å². The van der Waals surface area contributed by atoms with Gasteiger partial charge in [-0.05, 0) is 39.2 Å². The first-order valence-corrected chi connectivity index (χ1v) is 7.34. The summed E-state index contributed by atoms with van der Waals surface area (Å²) in [5.41, 5.74) is 1.66. The van der Waals surface area contributed by atoms with Crippen molar-refractivity contribution in [1.82, 2.24) is 30.2 Å². The third kappa shape index (κ3) is 2.76. The molecule has 116 valence electrons. The molecule has 1 atom stereocenters. The fourth-order valence-corrected chi connectivity index (χ4v) is 2.56. The number of aryl methyl sites for hydroxylation is 2. The number of carbonyl (C=O) groups excluding carboxylic acids is 2. The summed E-state index contributed by atoms with van der Waals surface area (Å²) in [4.78, 5) is 32.5. The maximum Gasteiger partial charge on any atom is 0.291 e. The largest absolute Gasteiger partial charge is 0.354 e. The molecule has 0 saturated carbocycles. The molecule has 3 rings (SSSR count). The molecule has 0 aliphatic carbocycles. The molecule has 0 bridgehead atoms. The second kappa shape index (κ2) is 5.70. The van der Waals surface area contributed by atoms with E-state index >= 15 is 0 Å². The average Bonchev–Trinajstić information content (AvgIpc) is 2.79. The van der Waals surface area contributed by atoms with E-state index in [4.69, 9.17) is 0 Å². The molecule has 22 heavy (non-hydrogen) atoms. The molecule has 0 spiro atoms. The predicted octanol–water partition coefficient (Wildman–Crippen LogP) is 0.140. The number of nitrogens with zero attached hydrogens (tertiary/aromatic N) is 4. The predicted molar refractivity (Wildman–Crippen MR) is 78.4 cm³/mol. The van der Waals surface area contributed by atoms with Crippen molar-refractivity contribution in [1.29, 1.82) is 0 Å². The number of hydrogen-bond donors (Lipinski definition) is 2. The molecule has 2 N–H and O–H groups in total. The SMILES string of the molecule is Cc1cc(C)n2nc(C(=O)N[C@@H]3CCCCNC3=O)nc2n1. The quantitative estimate of drug-likeness (QED) is 0.821. The molecular formula is C14H18N6O2. The third-order valence-corrected chi connectivity index (χ3v) is 3.66. The zero-order chi connectivity index (χ0) is 15.7. The van der Waals surface area contributed by atoms with Gasteiger partial charge in [0.25, 0.3) is 11.7 Å². The van der Waals surface area contributed by atoms with Crippen molar-refractivity contribution in [3.8, 4) is 0 Å². The Morgan fingerprint density at radius 1 is 1.36 bits per heavy atom. The van der Waals surface area contributed by atoms with Gasteiger partial charge in [0.05, 0.1) is 0 Å². The van der Waals surface area contributed by atoms with Crippen LogP contribution in [0, 0.1) is 13.8 Å². The van der Waals surface area contributed by atoms with Gasteiger partial charge in [-0.2, -0.15) is 4.98 Å². The maximum atomic E-state index is 12.3. The molecule has 0 radical (unpaired) electrons. The van der Waals surface area contributed by atoms with Gasteiger partial charge in [-0.3, -0.25) is 9.59 Å². The molecule has 0 unspecified atom stereocenters. The molecule has 2 aromatic rings. The van der Waals surface area contributed by atoms with Crippen LogP contribution < -0.4 is 10.6 Å². The highest BCUT2D eigenvalue weighted by Gasteiger charge is 2.25. The van der Waals surface area contributed by atoms with E-state index in [-0.39, 0.29) is 11.7 Å². The summed E-state index contributed by atoms with van der Waals surface area (Å²) in [6.45, 7) is 4.38. The monoisotopic (exact) mass is 302 g/mol. The first-order chi connectivity index (χ1) is 10.5.